The first kappa shape index (κ1) is 14.7. The molecule has 1 saturated heterocycles. The Morgan fingerprint density at radius 1 is 1.45 bits per heavy atom. The second-order valence-electron chi connectivity index (χ2n) is 6.23. The summed E-state index contributed by atoms with van der Waals surface area (Å²) in [5, 5.41) is 18.7. The molecule has 0 radical (unpaired) electrons. The van der Waals surface area contributed by atoms with Gasteiger partial charge in [0.05, 0.1) is 15.8 Å². The van der Waals surface area contributed by atoms with Gasteiger partial charge in [0, 0.05) is 19.3 Å². The third-order valence-corrected chi connectivity index (χ3v) is 4.33. The molecule has 3 rings (SSSR count). The third kappa shape index (κ3) is 2.87. The zero-order valence-corrected chi connectivity index (χ0v) is 12.6. The highest BCUT2D eigenvalue weighted by Gasteiger charge is 2.28. The minimum Gasteiger partial charge on any atom is -0.379 e. The van der Waals surface area contributed by atoms with Crippen LogP contribution in [0.15, 0.2) is 30.5 Å². The van der Waals surface area contributed by atoms with Crippen LogP contribution < -0.4 is 10.6 Å². The molecule has 0 amide bonds. The summed E-state index contributed by atoms with van der Waals surface area (Å²) in [6.07, 6.45) is 3.91. The van der Waals surface area contributed by atoms with Crippen LogP contribution in [0.4, 0.5) is 11.4 Å². The molecule has 1 aliphatic heterocycles. The molecule has 116 valence electrons. The van der Waals surface area contributed by atoms with Crippen LogP contribution in [-0.4, -0.2) is 29.5 Å². The highest BCUT2D eigenvalue weighted by atomic mass is 16.6. The summed E-state index contributed by atoms with van der Waals surface area (Å²) >= 11 is 0. The van der Waals surface area contributed by atoms with Gasteiger partial charge in [-0.05, 0) is 49.1 Å². The molecule has 2 aromatic rings. The van der Waals surface area contributed by atoms with Gasteiger partial charge in [-0.2, -0.15) is 0 Å². The molecule has 1 atom stereocenters. The van der Waals surface area contributed by atoms with Crippen molar-refractivity contribution in [1.29, 1.82) is 0 Å². The van der Waals surface area contributed by atoms with Gasteiger partial charge in [0.25, 0.3) is 0 Å². The molecule has 6 heteroatoms. The minimum atomic E-state index is -0.326. The molecule has 0 bridgehead atoms. The van der Waals surface area contributed by atoms with Crippen molar-refractivity contribution in [3.8, 4) is 0 Å². The van der Waals surface area contributed by atoms with Gasteiger partial charge in [0.1, 0.15) is 5.69 Å². The van der Waals surface area contributed by atoms with Crippen LogP contribution in [0.1, 0.15) is 19.8 Å². The number of benzene rings is 1. The van der Waals surface area contributed by atoms with Gasteiger partial charge in [-0.3, -0.25) is 15.1 Å². The Hall–Kier alpha value is -2.21. The number of nitro benzene ring substituents is 1. The van der Waals surface area contributed by atoms with Crippen molar-refractivity contribution in [1.82, 2.24) is 10.3 Å². The largest absolute Gasteiger partial charge is 0.379 e. The number of fused-ring (bicyclic) bond motifs is 1. The van der Waals surface area contributed by atoms with Gasteiger partial charge in [0.15, 0.2) is 0 Å². The highest BCUT2D eigenvalue weighted by molar-refractivity contribution is 5.94. The maximum Gasteiger partial charge on any atom is 0.301 e. The number of aromatic nitrogens is 1. The number of nitrogens with one attached hydrogen (secondary N) is 2. The van der Waals surface area contributed by atoms with Gasteiger partial charge < -0.3 is 10.6 Å². The van der Waals surface area contributed by atoms with Crippen molar-refractivity contribution in [3.05, 3.63) is 40.6 Å². The molecule has 0 spiro atoms. The molecule has 22 heavy (non-hydrogen) atoms. The van der Waals surface area contributed by atoms with Crippen molar-refractivity contribution in [3.63, 3.8) is 0 Å². The predicted octanol–water partition coefficient (Wildman–Crippen LogP) is 2.94. The summed E-state index contributed by atoms with van der Waals surface area (Å²) in [7, 11) is 0. The Kier molecular flexibility index (Phi) is 3.94. The molecular formula is C16H20N4O2. The molecule has 6 nitrogen and oxygen atoms in total. The van der Waals surface area contributed by atoms with E-state index in [2.05, 4.69) is 22.5 Å². The Bertz CT molecular complexity index is 696. The maximum absolute atomic E-state index is 11.5. The van der Waals surface area contributed by atoms with Crippen LogP contribution in [0, 0.1) is 15.5 Å². The van der Waals surface area contributed by atoms with Gasteiger partial charge in [-0.25, -0.2) is 0 Å². The van der Waals surface area contributed by atoms with E-state index in [1.54, 1.807) is 24.4 Å². The average Bonchev–Trinajstić information content (AvgIpc) is 2.53. The van der Waals surface area contributed by atoms with Crippen LogP contribution in [0.5, 0.6) is 0 Å². The van der Waals surface area contributed by atoms with Gasteiger partial charge in [-0.15, -0.1) is 0 Å². The molecular weight excluding hydrogens is 280 g/mol. The molecule has 2 heterocycles. The quantitative estimate of drug-likeness (QED) is 0.670. The first-order valence-corrected chi connectivity index (χ1v) is 7.56. The number of pyridine rings is 1. The second-order valence-corrected chi connectivity index (χ2v) is 6.23. The number of hydrogen-bond donors (Lipinski definition) is 2. The van der Waals surface area contributed by atoms with Gasteiger partial charge in [-0.1, -0.05) is 6.92 Å². The molecule has 2 N–H and O–H groups in total. The number of nitro groups is 1. The molecule has 0 aliphatic carbocycles. The van der Waals surface area contributed by atoms with E-state index in [9.17, 15) is 10.1 Å². The molecule has 1 aromatic heterocycles. The van der Waals surface area contributed by atoms with Crippen molar-refractivity contribution < 1.29 is 4.92 Å². The van der Waals surface area contributed by atoms with E-state index in [0.29, 0.717) is 23.1 Å². The average molecular weight is 300 g/mol. The number of hydrogen-bond acceptors (Lipinski definition) is 5. The zero-order chi connectivity index (χ0) is 15.6. The summed E-state index contributed by atoms with van der Waals surface area (Å²) in [6, 6.07) is 7.06. The summed E-state index contributed by atoms with van der Waals surface area (Å²) in [5.41, 5.74) is 1.44. The van der Waals surface area contributed by atoms with Crippen molar-refractivity contribution in [2.45, 2.75) is 19.8 Å². The topological polar surface area (TPSA) is 80.1 Å². The number of anilines is 1. The van der Waals surface area contributed by atoms with Crippen LogP contribution in [0.25, 0.3) is 10.9 Å². The van der Waals surface area contributed by atoms with Crippen molar-refractivity contribution in [2.75, 3.05) is 25.0 Å². The number of piperidine rings is 1. The molecule has 0 saturated carbocycles. The van der Waals surface area contributed by atoms with Crippen molar-refractivity contribution in [2.24, 2.45) is 5.41 Å². The van der Waals surface area contributed by atoms with Crippen LogP contribution in [0.2, 0.25) is 0 Å². The molecule has 1 unspecified atom stereocenters. The van der Waals surface area contributed by atoms with E-state index in [1.165, 1.54) is 0 Å². The first-order valence-electron chi connectivity index (χ1n) is 7.56. The molecule has 1 aliphatic rings. The lowest BCUT2D eigenvalue weighted by atomic mass is 9.82. The Morgan fingerprint density at radius 2 is 2.32 bits per heavy atom. The van der Waals surface area contributed by atoms with E-state index >= 15 is 0 Å². The predicted molar refractivity (Wildman–Crippen MR) is 87.1 cm³/mol. The van der Waals surface area contributed by atoms with E-state index in [4.69, 9.17) is 0 Å². The van der Waals surface area contributed by atoms with E-state index in [-0.39, 0.29) is 16.0 Å². The Labute approximate surface area is 129 Å². The van der Waals surface area contributed by atoms with E-state index < -0.39 is 0 Å². The number of rotatable bonds is 4. The molecule has 1 fully saturated rings. The standard InChI is InChI=1S/C16H20N4O2/c1-16(7-3-8-17-10-16)11-19-14-6-5-13-12(4-2-9-18-13)15(14)20(21)22/h2,4-6,9,17,19H,3,7-8,10-11H2,1H3. The van der Waals surface area contributed by atoms with Gasteiger partial charge in [0.2, 0.25) is 0 Å². The molecule has 1 aromatic carbocycles. The smallest absolute Gasteiger partial charge is 0.301 e. The number of nitrogens with zero attached hydrogens (tertiary/aromatic N) is 2. The van der Waals surface area contributed by atoms with E-state index in [1.807, 2.05) is 6.07 Å². The summed E-state index contributed by atoms with van der Waals surface area (Å²) in [6.45, 7) is 4.91. The zero-order valence-electron chi connectivity index (χ0n) is 12.6. The van der Waals surface area contributed by atoms with E-state index in [0.717, 1.165) is 25.9 Å². The lowest BCUT2D eigenvalue weighted by Crippen LogP contribution is -2.42. The monoisotopic (exact) mass is 300 g/mol. The highest BCUT2D eigenvalue weighted by Crippen LogP contribution is 2.34. The van der Waals surface area contributed by atoms with Crippen LogP contribution in [0.3, 0.4) is 0 Å². The normalized spacial score (nSPS) is 21.7. The summed E-state index contributed by atoms with van der Waals surface area (Å²) < 4.78 is 0. The fraction of sp³-hybridized carbons (Fsp3) is 0.438. The second kappa shape index (κ2) is 5.88. The fourth-order valence-electron chi connectivity index (χ4n) is 3.05. The maximum atomic E-state index is 11.5. The van der Waals surface area contributed by atoms with Crippen LogP contribution >= 0.6 is 0 Å². The lowest BCUT2D eigenvalue weighted by Gasteiger charge is -2.34. The van der Waals surface area contributed by atoms with Gasteiger partial charge >= 0.3 is 5.69 Å². The lowest BCUT2D eigenvalue weighted by molar-refractivity contribution is -0.382. The fourth-order valence-corrected chi connectivity index (χ4v) is 3.05. The Balaban J connectivity index is 1.90. The first-order chi connectivity index (χ1) is 10.6. The van der Waals surface area contributed by atoms with Crippen molar-refractivity contribution >= 4 is 22.3 Å². The third-order valence-electron chi connectivity index (χ3n) is 4.33. The minimum absolute atomic E-state index is 0.109. The summed E-state index contributed by atoms with van der Waals surface area (Å²) in [5.74, 6) is 0. The van der Waals surface area contributed by atoms with Crippen LogP contribution in [-0.2, 0) is 0 Å². The Morgan fingerprint density at radius 3 is 3.05 bits per heavy atom. The SMILES string of the molecule is CC1(CNc2ccc3ncccc3c2[N+](=O)[O-])CCCNC1. The summed E-state index contributed by atoms with van der Waals surface area (Å²) in [4.78, 5) is 15.4.